The maximum atomic E-state index is 12.4. The van der Waals surface area contributed by atoms with Crippen molar-refractivity contribution >= 4 is 23.5 Å². The van der Waals surface area contributed by atoms with E-state index in [9.17, 15) is 14.4 Å². The lowest BCUT2D eigenvalue weighted by Gasteiger charge is -2.31. The molecule has 1 heterocycles. The van der Waals surface area contributed by atoms with E-state index < -0.39 is 0 Å². The molecule has 1 saturated heterocycles. The van der Waals surface area contributed by atoms with Gasteiger partial charge in [0.25, 0.3) is 5.91 Å². The minimum Gasteiger partial charge on any atom is -0.359 e. The molecular formula is C19H28N4O3. The number of nitrogens with one attached hydrogen (secondary N) is 2. The smallest absolute Gasteiger partial charge is 0.321 e. The second-order valence-corrected chi connectivity index (χ2v) is 6.36. The molecule has 1 aliphatic rings. The molecule has 0 radical (unpaired) electrons. The molecule has 1 aromatic rings. The standard InChI is InChI=1S/C19H28N4O3/c1-4-22(5-2)18(25)15-6-8-16(9-7-15)21-19(26)23-12-10-14(11-13-23)17(24)20-3/h6-9,14H,4-5,10-13H2,1-3H3,(H,20,24)(H,21,26). The molecule has 1 aromatic carbocycles. The molecule has 2 rings (SSSR count). The van der Waals surface area contributed by atoms with Crippen LogP contribution in [0.5, 0.6) is 0 Å². The monoisotopic (exact) mass is 360 g/mol. The van der Waals surface area contributed by atoms with Crippen LogP contribution in [0.3, 0.4) is 0 Å². The molecule has 0 bridgehead atoms. The molecule has 26 heavy (non-hydrogen) atoms. The Kier molecular flexibility index (Phi) is 7.00. The van der Waals surface area contributed by atoms with Crippen molar-refractivity contribution in [2.75, 3.05) is 38.5 Å². The number of urea groups is 1. The molecule has 0 spiro atoms. The summed E-state index contributed by atoms with van der Waals surface area (Å²) in [7, 11) is 1.63. The van der Waals surface area contributed by atoms with Crippen molar-refractivity contribution in [1.82, 2.24) is 15.1 Å². The van der Waals surface area contributed by atoms with Crippen molar-refractivity contribution in [1.29, 1.82) is 0 Å². The first-order valence-electron chi connectivity index (χ1n) is 9.17. The topological polar surface area (TPSA) is 81.8 Å². The van der Waals surface area contributed by atoms with Crippen LogP contribution >= 0.6 is 0 Å². The van der Waals surface area contributed by atoms with Gasteiger partial charge in [0.05, 0.1) is 0 Å². The minimum absolute atomic E-state index is 0.0100. The van der Waals surface area contributed by atoms with Gasteiger partial charge in [-0.2, -0.15) is 0 Å². The molecule has 4 amide bonds. The van der Waals surface area contributed by atoms with Crippen molar-refractivity contribution < 1.29 is 14.4 Å². The van der Waals surface area contributed by atoms with Gasteiger partial charge in [-0.15, -0.1) is 0 Å². The predicted octanol–water partition coefficient (Wildman–Crippen LogP) is 2.16. The van der Waals surface area contributed by atoms with Gasteiger partial charge in [0.1, 0.15) is 0 Å². The molecule has 7 nitrogen and oxygen atoms in total. The molecule has 0 atom stereocenters. The average Bonchev–Trinajstić information content (AvgIpc) is 2.68. The molecule has 0 saturated carbocycles. The number of hydrogen-bond acceptors (Lipinski definition) is 3. The van der Waals surface area contributed by atoms with Crippen LogP contribution in [0.2, 0.25) is 0 Å². The minimum atomic E-state index is -0.178. The van der Waals surface area contributed by atoms with Crippen molar-refractivity contribution in [3.63, 3.8) is 0 Å². The summed E-state index contributed by atoms with van der Waals surface area (Å²) in [6.45, 7) is 6.34. The van der Waals surface area contributed by atoms with E-state index in [4.69, 9.17) is 0 Å². The third kappa shape index (κ3) is 4.74. The van der Waals surface area contributed by atoms with Gasteiger partial charge in [-0.3, -0.25) is 9.59 Å². The predicted molar refractivity (Wildman–Crippen MR) is 101 cm³/mol. The maximum Gasteiger partial charge on any atom is 0.321 e. The summed E-state index contributed by atoms with van der Waals surface area (Å²) in [6, 6.07) is 6.77. The lowest BCUT2D eigenvalue weighted by atomic mass is 9.96. The SMILES string of the molecule is CCN(CC)C(=O)c1ccc(NC(=O)N2CCC(C(=O)NC)CC2)cc1. The highest BCUT2D eigenvalue weighted by molar-refractivity contribution is 5.95. The molecule has 0 aromatic heterocycles. The fraction of sp³-hybridized carbons (Fsp3) is 0.526. The summed E-state index contributed by atoms with van der Waals surface area (Å²) < 4.78 is 0. The summed E-state index contributed by atoms with van der Waals surface area (Å²) in [5, 5.41) is 5.51. The normalized spacial score (nSPS) is 14.7. The number of likely N-dealkylation sites (tertiary alicyclic amines) is 1. The van der Waals surface area contributed by atoms with Crippen LogP contribution in [-0.2, 0) is 4.79 Å². The van der Waals surface area contributed by atoms with Crippen LogP contribution < -0.4 is 10.6 Å². The molecule has 7 heteroatoms. The Bertz CT molecular complexity index is 633. The van der Waals surface area contributed by atoms with Crippen molar-refractivity contribution in [2.45, 2.75) is 26.7 Å². The van der Waals surface area contributed by atoms with E-state index in [1.54, 1.807) is 41.1 Å². The van der Waals surface area contributed by atoms with Gasteiger partial charge in [-0.25, -0.2) is 4.79 Å². The van der Waals surface area contributed by atoms with Crippen molar-refractivity contribution in [3.8, 4) is 0 Å². The van der Waals surface area contributed by atoms with E-state index in [1.807, 2.05) is 13.8 Å². The van der Waals surface area contributed by atoms with E-state index in [0.29, 0.717) is 50.3 Å². The van der Waals surface area contributed by atoms with E-state index in [1.165, 1.54) is 0 Å². The van der Waals surface area contributed by atoms with Gasteiger partial charge in [-0.1, -0.05) is 0 Å². The zero-order valence-electron chi connectivity index (χ0n) is 15.7. The highest BCUT2D eigenvalue weighted by atomic mass is 16.2. The molecule has 0 unspecified atom stereocenters. The van der Waals surface area contributed by atoms with E-state index in [-0.39, 0.29) is 23.8 Å². The summed E-state index contributed by atoms with van der Waals surface area (Å²) >= 11 is 0. The van der Waals surface area contributed by atoms with Crippen LogP contribution in [-0.4, -0.2) is 60.9 Å². The van der Waals surface area contributed by atoms with Gasteiger partial charge >= 0.3 is 6.03 Å². The fourth-order valence-electron chi connectivity index (χ4n) is 3.14. The van der Waals surface area contributed by atoms with Gasteiger partial charge in [0.2, 0.25) is 5.91 Å². The quantitative estimate of drug-likeness (QED) is 0.844. The third-order valence-corrected chi connectivity index (χ3v) is 4.83. The Morgan fingerprint density at radius 2 is 1.65 bits per heavy atom. The Morgan fingerprint density at radius 3 is 2.15 bits per heavy atom. The number of benzene rings is 1. The Labute approximate surface area is 154 Å². The second kappa shape index (κ2) is 9.22. The third-order valence-electron chi connectivity index (χ3n) is 4.83. The largest absolute Gasteiger partial charge is 0.359 e. The van der Waals surface area contributed by atoms with Crippen molar-refractivity contribution in [2.24, 2.45) is 5.92 Å². The Balaban J connectivity index is 1.90. The summed E-state index contributed by atoms with van der Waals surface area (Å²) in [5.41, 5.74) is 1.26. The van der Waals surface area contributed by atoms with E-state index >= 15 is 0 Å². The van der Waals surface area contributed by atoms with E-state index in [2.05, 4.69) is 10.6 Å². The number of rotatable bonds is 5. The number of anilines is 1. The zero-order chi connectivity index (χ0) is 19.1. The molecule has 142 valence electrons. The van der Waals surface area contributed by atoms with Crippen LogP contribution in [0.15, 0.2) is 24.3 Å². The molecule has 1 fully saturated rings. The lowest BCUT2D eigenvalue weighted by molar-refractivity contribution is -0.125. The molecule has 1 aliphatic heterocycles. The van der Waals surface area contributed by atoms with Gasteiger partial charge in [-0.05, 0) is 51.0 Å². The second-order valence-electron chi connectivity index (χ2n) is 6.36. The Hall–Kier alpha value is -2.57. The number of hydrogen-bond donors (Lipinski definition) is 2. The van der Waals surface area contributed by atoms with Crippen LogP contribution in [0.1, 0.15) is 37.0 Å². The first-order valence-corrected chi connectivity index (χ1v) is 9.17. The van der Waals surface area contributed by atoms with Gasteiger partial charge in [0, 0.05) is 50.4 Å². The molecular weight excluding hydrogens is 332 g/mol. The van der Waals surface area contributed by atoms with Gasteiger partial charge in [0.15, 0.2) is 0 Å². The highest BCUT2D eigenvalue weighted by Crippen LogP contribution is 2.19. The summed E-state index contributed by atoms with van der Waals surface area (Å²) in [5.74, 6) is 0.0112. The first kappa shape index (κ1) is 19.8. The lowest BCUT2D eigenvalue weighted by Crippen LogP contribution is -2.44. The first-order chi connectivity index (χ1) is 12.5. The zero-order valence-corrected chi connectivity index (χ0v) is 15.7. The van der Waals surface area contributed by atoms with E-state index in [0.717, 1.165) is 0 Å². The molecule has 2 N–H and O–H groups in total. The highest BCUT2D eigenvalue weighted by Gasteiger charge is 2.26. The van der Waals surface area contributed by atoms with Crippen molar-refractivity contribution in [3.05, 3.63) is 29.8 Å². The summed E-state index contributed by atoms with van der Waals surface area (Å²) in [6.07, 6.45) is 1.34. The molecule has 0 aliphatic carbocycles. The van der Waals surface area contributed by atoms with Crippen LogP contribution in [0, 0.1) is 5.92 Å². The summed E-state index contributed by atoms with van der Waals surface area (Å²) in [4.78, 5) is 39.8. The van der Waals surface area contributed by atoms with Crippen LogP contribution in [0.25, 0.3) is 0 Å². The fourth-order valence-corrected chi connectivity index (χ4v) is 3.14. The van der Waals surface area contributed by atoms with Crippen LogP contribution in [0.4, 0.5) is 10.5 Å². The number of nitrogens with zero attached hydrogens (tertiary/aromatic N) is 2. The number of carbonyl (C=O) groups excluding carboxylic acids is 3. The number of piperidine rings is 1. The van der Waals surface area contributed by atoms with Gasteiger partial charge < -0.3 is 20.4 Å². The number of amides is 4. The average molecular weight is 360 g/mol. The number of carbonyl (C=O) groups is 3. The Morgan fingerprint density at radius 1 is 1.08 bits per heavy atom. The maximum absolute atomic E-state index is 12.4.